The van der Waals surface area contributed by atoms with Gasteiger partial charge in [0.1, 0.15) is 0 Å². The van der Waals surface area contributed by atoms with Crippen LogP contribution in [0.1, 0.15) is 13.8 Å². The molecule has 0 aromatic rings. The monoisotopic (exact) mass is 146 g/mol. The zero-order chi connectivity index (χ0) is 5.41. The van der Waals surface area contributed by atoms with E-state index in [2.05, 4.69) is 0 Å². The average molecular weight is 146 g/mol. The minimum atomic E-state index is 0. The fourth-order valence-electron chi connectivity index (χ4n) is 0. The van der Waals surface area contributed by atoms with E-state index in [0.717, 1.165) is 13.1 Å². The van der Waals surface area contributed by atoms with Crippen molar-refractivity contribution in [3.8, 4) is 0 Å². The van der Waals surface area contributed by atoms with Gasteiger partial charge in [0.05, 0.1) is 0 Å². The first-order valence-electron chi connectivity index (χ1n) is 2.23. The van der Waals surface area contributed by atoms with Gasteiger partial charge in [0.25, 0.3) is 0 Å². The Kier molecular flexibility index (Phi) is 71.6. The minimum Gasteiger partial charge on any atom is -0.331 e. The van der Waals surface area contributed by atoms with Crippen molar-refractivity contribution in [2.24, 2.45) is 11.5 Å². The summed E-state index contributed by atoms with van der Waals surface area (Å²) in [5.41, 5.74) is 9.69. The zero-order valence-electron chi connectivity index (χ0n) is 4.92. The van der Waals surface area contributed by atoms with Crippen molar-refractivity contribution in [1.29, 1.82) is 0 Å². The van der Waals surface area contributed by atoms with Crippen LogP contribution in [-0.4, -0.2) is 13.1 Å². The first kappa shape index (κ1) is 15.7. The molecule has 0 aliphatic rings. The predicted octanol–water partition coefficient (Wildman–Crippen LogP) is -0.0725. The SMILES string of the molecule is CCN.CCN.[Fe]. The number of rotatable bonds is 0. The van der Waals surface area contributed by atoms with Crippen LogP contribution in [-0.2, 0) is 17.1 Å². The summed E-state index contributed by atoms with van der Waals surface area (Å²) in [6.45, 7) is 5.31. The standard InChI is InChI=1S/2C2H7N.Fe/c2*1-2-3;/h2*2-3H2,1H3;. The van der Waals surface area contributed by atoms with Crippen LogP contribution in [0.3, 0.4) is 0 Å². The van der Waals surface area contributed by atoms with Gasteiger partial charge in [0.2, 0.25) is 0 Å². The summed E-state index contributed by atoms with van der Waals surface area (Å²) in [7, 11) is 0. The third-order valence-electron chi connectivity index (χ3n) is 0. The van der Waals surface area contributed by atoms with Crippen molar-refractivity contribution in [1.82, 2.24) is 0 Å². The Balaban J connectivity index is -0.0000000400. The summed E-state index contributed by atoms with van der Waals surface area (Å²) in [5, 5.41) is 0. The Morgan fingerprint density at radius 1 is 1.00 bits per heavy atom. The molecule has 0 aliphatic carbocycles. The van der Waals surface area contributed by atoms with Crippen LogP contribution in [0.5, 0.6) is 0 Å². The van der Waals surface area contributed by atoms with Crippen LogP contribution in [0.15, 0.2) is 0 Å². The second-order valence-corrected chi connectivity index (χ2v) is 0.816. The molecule has 7 heavy (non-hydrogen) atoms. The topological polar surface area (TPSA) is 52.0 Å². The molecular formula is C4H14FeN2. The van der Waals surface area contributed by atoms with Crippen LogP contribution < -0.4 is 11.5 Å². The van der Waals surface area contributed by atoms with E-state index in [4.69, 9.17) is 11.5 Å². The molecule has 48 valence electrons. The van der Waals surface area contributed by atoms with Gasteiger partial charge in [-0.3, -0.25) is 0 Å². The fraction of sp³-hybridized carbons (Fsp3) is 1.00. The summed E-state index contributed by atoms with van der Waals surface area (Å²) in [4.78, 5) is 0. The van der Waals surface area contributed by atoms with Crippen molar-refractivity contribution >= 4 is 0 Å². The molecule has 0 heterocycles. The fourth-order valence-corrected chi connectivity index (χ4v) is 0. The van der Waals surface area contributed by atoms with Crippen LogP contribution in [0.4, 0.5) is 0 Å². The van der Waals surface area contributed by atoms with Crippen molar-refractivity contribution < 1.29 is 17.1 Å². The van der Waals surface area contributed by atoms with E-state index in [-0.39, 0.29) is 17.1 Å². The molecule has 2 nitrogen and oxygen atoms in total. The van der Waals surface area contributed by atoms with Gasteiger partial charge in [-0.05, 0) is 13.1 Å². The molecule has 0 rings (SSSR count). The van der Waals surface area contributed by atoms with Crippen molar-refractivity contribution in [2.75, 3.05) is 13.1 Å². The molecule has 0 aromatic carbocycles. The first-order valence-corrected chi connectivity index (χ1v) is 2.23. The summed E-state index contributed by atoms with van der Waals surface area (Å²) in [5.74, 6) is 0. The minimum absolute atomic E-state index is 0. The third-order valence-corrected chi connectivity index (χ3v) is 0. The molecule has 0 radical (unpaired) electrons. The summed E-state index contributed by atoms with van der Waals surface area (Å²) in [6.07, 6.45) is 0. The molecule has 0 aliphatic heterocycles. The van der Waals surface area contributed by atoms with Gasteiger partial charge in [-0.15, -0.1) is 0 Å². The van der Waals surface area contributed by atoms with E-state index in [1.807, 2.05) is 13.8 Å². The van der Waals surface area contributed by atoms with Gasteiger partial charge < -0.3 is 11.5 Å². The maximum Gasteiger partial charge on any atom is 0 e. The van der Waals surface area contributed by atoms with Gasteiger partial charge >= 0.3 is 0 Å². The molecule has 0 unspecified atom stereocenters. The van der Waals surface area contributed by atoms with Crippen molar-refractivity contribution in [2.45, 2.75) is 13.8 Å². The van der Waals surface area contributed by atoms with E-state index >= 15 is 0 Å². The molecular weight excluding hydrogens is 132 g/mol. The van der Waals surface area contributed by atoms with Crippen LogP contribution in [0.25, 0.3) is 0 Å². The molecule has 0 saturated carbocycles. The van der Waals surface area contributed by atoms with Crippen LogP contribution >= 0.6 is 0 Å². The van der Waals surface area contributed by atoms with Crippen LogP contribution in [0.2, 0.25) is 0 Å². The number of nitrogens with two attached hydrogens (primary N) is 2. The first-order chi connectivity index (χ1) is 2.83. The number of hydrogen-bond acceptors (Lipinski definition) is 2. The molecule has 0 aromatic heterocycles. The van der Waals surface area contributed by atoms with Crippen molar-refractivity contribution in [3.05, 3.63) is 0 Å². The Morgan fingerprint density at radius 3 is 1.00 bits per heavy atom. The molecule has 0 atom stereocenters. The van der Waals surface area contributed by atoms with Gasteiger partial charge in [-0.1, -0.05) is 13.8 Å². The summed E-state index contributed by atoms with van der Waals surface area (Å²) < 4.78 is 0. The summed E-state index contributed by atoms with van der Waals surface area (Å²) >= 11 is 0. The van der Waals surface area contributed by atoms with Gasteiger partial charge in [0.15, 0.2) is 0 Å². The van der Waals surface area contributed by atoms with Gasteiger partial charge in [-0.25, -0.2) is 0 Å². The zero-order valence-corrected chi connectivity index (χ0v) is 6.03. The van der Waals surface area contributed by atoms with Gasteiger partial charge in [0, 0.05) is 17.1 Å². The molecule has 0 saturated heterocycles. The Bertz CT molecular complexity index is 11.7. The molecule has 0 spiro atoms. The molecule has 0 bridgehead atoms. The average Bonchev–Trinajstić information content (AvgIpc) is 1.39. The maximum atomic E-state index is 4.85. The van der Waals surface area contributed by atoms with Crippen molar-refractivity contribution in [3.63, 3.8) is 0 Å². The van der Waals surface area contributed by atoms with E-state index in [0.29, 0.717) is 0 Å². The smallest absolute Gasteiger partial charge is 0 e. The Labute approximate surface area is 56.1 Å². The predicted molar refractivity (Wildman–Crippen MR) is 29.5 cm³/mol. The normalized spacial score (nSPS) is 5.14. The van der Waals surface area contributed by atoms with E-state index < -0.39 is 0 Å². The van der Waals surface area contributed by atoms with Crippen LogP contribution in [0, 0.1) is 0 Å². The van der Waals surface area contributed by atoms with E-state index in [1.54, 1.807) is 0 Å². The quantitative estimate of drug-likeness (QED) is 0.470. The second-order valence-electron chi connectivity index (χ2n) is 0.816. The molecule has 4 N–H and O–H groups in total. The largest absolute Gasteiger partial charge is 0.331 e. The second kappa shape index (κ2) is 32.0. The number of hydrogen-bond donors (Lipinski definition) is 2. The molecule has 3 heteroatoms. The maximum absolute atomic E-state index is 4.85. The molecule has 0 fully saturated rings. The Hall–Kier alpha value is 0.439. The third kappa shape index (κ3) is 657. The Morgan fingerprint density at radius 2 is 1.00 bits per heavy atom. The summed E-state index contributed by atoms with van der Waals surface area (Å²) in [6, 6.07) is 0. The van der Waals surface area contributed by atoms with Gasteiger partial charge in [-0.2, -0.15) is 0 Å². The molecule has 0 amide bonds. The van der Waals surface area contributed by atoms with E-state index in [1.165, 1.54) is 0 Å². The van der Waals surface area contributed by atoms with E-state index in [9.17, 15) is 0 Å².